The van der Waals surface area contributed by atoms with Crippen molar-refractivity contribution in [1.29, 1.82) is 0 Å². The molecule has 1 aliphatic heterocycles. The molecule has 1 fully saturated rings. The molecule has 1 saturated heterocycles. The molecule has 148 valence electrons. The number of fused-ring (bicyclic) bond motifs is 3. The van der Waals surface area contributed by atoms with Gasteiger partial charge in [-0.2, -0.15) is 0 Å². The standard InChI is InChI=1S/C25H26N2O2/c1-15(2)22-17(4)27(25(29-22)18-9-6-5-7-10-18)21-16(3)12-13-19-20-11-8-14-26-24(20)28-23(19)21/h5-15,17,22,25H,1-4H3/t17-,22?,25?/m0/s1. The van der Waals surface area contributed by atoms with Gasteiger partial charge in [0.25, 0.3) is 0 Å². The van der Waals surface area contributed by atoms with Crippen LogP contribution in [0.25, 0.3) is 22.1 Å². The fourth-order valence-corrected chi connectivity index (χ4v) is 4.67. The number of hydrogen-bond acceptors (Lipinski definition) is 4. The van der Waals surface area contributed by atoms with Crippen LogP contribution in [0.2, 0.25) is 0 Å². The van der Waals surface area contributed by atoms with E-state index < -0.39 is 0 Å². The number of furan rings is 1. The number of hydrogen-bond donors (Lipinski definition) is 0. The molecular formula is C25H26N2O2. The van der Waals surface area contributed by atoms with Crippen LogP contribution >= 0.6 is 0 Å². The highest BCUT2D eigenvalue weighted by atomic mass is 16.5. The molecule has 4 aromatic rings. The quantitative estimate of drug-likeness (QED) is 0.418. The summed E-state index contributed by atoms with van der Waals surface area (Å²) >= 11 is 0. The van der Waals surface area contributed by atoms with Gasteiger partial charge >= 0.3 is 0 Å². The third kappa shape index (κ3) is 2.82. The van der Waals surface area contributed by atoms with E-state index in [4.69, 9.17) is 9.15 Å². The van der Waals surface area contributed by atoms with Crippen LogP contribution in [0.1, 0.15) is 38.1 Å². The number of benzene rings is 2. The molecule has 0 aliphatic carbocycles. The van der Waals surface area contributed by atoms with Gasteiger partial charge in [-0.3, -0.25) is 0 Å². The van der Waals surface area contributed by atoms with E-state index in [0.29, 0.717) is 11.6 Å². The molecule has 0 N–H and O–H groups in total. The Morgan fingerprint density at radius 2 is 1.76 bits per heavy atom. The van der Waals surface area contributed by atoms with Crippen molar-refractivity contribution < 1.29 is 9.15 Å². The number of rotatable bonds is 3. The minimum Gasteiger partial charge on any atom is -0.436 e. The zero-order chi connectivity index (χ0) is 20.1. The van der Waals surface area contributed by atoms with E-state index in [1.54, 1.807) is 6.20 Å². The summed E-state index contributed by atoms with van der Waals surface area (Å²) in [5.41, 5.74) is 5.01. The van der Waals surface area contributed by atoms with E-state index in [-0.39, 0.29) is 18.4 Å². The van der Waals surface area contributed by atoms with Crippen molar-refractivity contribution in [1.82, 2.24) is 4.98 Å². The number of aryl methyl sites for hydroxylation is 1. The van der Waals surface area contributed by atoms with Crippen LogP contribution in [-0.2, 0) is 4.74 Å². The highest BCUT2D eigenvalue weighted by Gasteiger charge is 2.43. The maximum absolute atomic E-state index is 6.63. The summed E-state index contributed by atoms with van der Waals surface area (Å²) in [5.74, 6) is 0.415. The molecule has 4 nitrogen and oxygen atoms in total. The Morgan fingerprint density at radius 1 is 0.966 bits per heavy atom. The molecule has 3 heterocycles. The highest BCUT2D eigenvalue weighted by Crippen LogP contribution is 2.46. The molecule has 0 spiro atoms. The number of anilines is 1. The summed E-state index contributed by atoms with van der Waals surface area (Å²) in [5, 5.41) is 2.15. The summed E-state index contributed by atoms with van der Waals surface area (Å²) < 4.78 is 12.9. The minimum atomic E-state index is -0.149. The number of aromatic nitrogens is 1. The average molecular weight is 386 g/mol. The van der Waals surface area contributed by atoms with Crippen molar-refractivity contribution in [2.75, 3.05) is 4.90 Å². The first-order chi connectivity index (χ1) is 14.1. The van der Waals surface area contributed by atoms with Crippen molar-refractivity contribution >= 4 is 27.8 Å². The average Bonchev–Trinajstić information content (AvgIpc) is 3.27. The molecule has 3 atom stereocenters. The molecule has 29 heavy (non-hydrogen) atoms. The van der Waals surface area contributed by atoms with Crippen molar-refractivity contribution in [3.8, 4) is 0 Å². The molecule has 0 saturated carbocycles. The summed E-state index contributed by atoms with van der Waals surface area (Å²) in [4.78, 5) is 6.84. The first kappa shape index (κ1) is 18.2. The lowest BCUT2D eigenvalue weighted by Crippen LogP contribution is -2.36. The Labute approximate surface area is 171 Å². The van der Waals surface area contributed by atoms with Gasteiger partial charge in [0.2, 0.25) is 5.71 Å². The number of pyridine rings is 1. The van der Waals surface area contributed by atoms with Gasteiger partial charge in [0, 0.05) is 22.5 Å². The second-order valence-electron chi connectivity index (χ2n) is 8.32. The van der Waals surface area contributed by atoms with Crippen molar-refractivity contribution in [2.45, 2.75) is 46.1 Å². The van der Waals surface area contributed by atoms with E-state index in [1.807, 2.05) is 12.1 Å². The van der Waals surface area contributed by atoms with Crippen molar-refractivity contribution in [3.05, 3.63) is 71.9 Å². The van der Waals surface area contributed by atoms with E-state index in [2.05, 4.69) is 80.0 Å². The van der Waals surface area contributed by atoms with E-state index in [9.17, 15) is 0 Å². The van der Waals surface area contributed by atoms with E-state index in [1.165, 1.54) is 5.56 Å². The lowest BCUT2D eigenvalue weighted by molar-refractivity contribution is 0.0160. The van der Waals surface area contributed by atoms with Gasteiger partial charge in [0.1, 0.15) is 0 Å². The Bertz CT molecular complexity index is 1170. The molecule has 2 aromatic heterocycles. The van der Waals surface area contributed by atoms with Crippen LogP contribution < -0.4 is 4.90 Å². The normalized spacial score (nSPS) is 22.2. The van der Waals surface area contributed by atoms with Crippen LogP contribution in [-0.4, -0.2) is 17.1 Å². The van der Waals surface area contributed by atoms with Gasteiger partial charge in [0.05, 0.1) is 17.8 Å². The molecular weight excluding hydrogens is 360 g/mol. The summed E-state index contributed by atoms with van der Waals surface area (Å²) in [7, 11) is 0. The second-order valence-corrected chi connectivity index (χ2v) is 8.32. The smallest absolute Gasteiger partial charge is 0.227 e. The van der Waals surface area contributed by atoms with Crippen molar-refractivity contribution in [2.24, 2.45) is 5.92 Å². The van der Waals surface area contributed by atoms with Crippen molar-refractivity contribution in [3.63, 3.8) is 0 Å². The lowest BCUT2D eigenvalue weighted by atomic mass is 9.99. The fourth-order valence-electron chi connectivity index (χ4n) is 4.67. The monoisotopic (exact) mass is 386 g/mol. The summed E-state index contributed by atoms with van der Waals surface area (Å²) in [6.45, 7) is 8.86. The van der Waals surface area contributed by atoms with Crippen LogP contribution in [0.4, 0.5) is 5.69 Å². The summed E-state index contributed by atoms with van der Waals surface area (Å²) in [6.07, 6.45) is 1.77. The zero-order valence-corrected chi connectivity index (χ0v) is 17.3. The van der Waals surface area contributed by atoms with Gasteiger partial charge < -0.3 is 14.1 Å². The molecule has 2 unspecified atom stereocenters. The largest absolute Gasteiger partial charge is 0.436 e. The molecule has 2 aromatic carbocycles. The lowest BCUT2D eigenvalue weighted by Gasteiger charge is -2.31. The van der Waals surface area contributed by atoms with E-state index >= 15 is 0 Å². The topological polar surface area (TPSA) is 38.5 Å². The molecule has 0 radical (unpaired) electrons. The zero-order valence-electron chi connectivity index (χ0n) is 17.3. The van der Waals surface area contributed by atoms with Gasteiger partial charge in [0.15, 0.2) is 11.8 Å². The molecule has 5 rings (SSSR count). The molecule has 0 bridgehead atoms. The van der Waals surface area contributed by atoms with E-state index in [0.717, 1.165) is 27.6 Å². The third-order valence-corrected chi connectivity index (χ3v) is 6.05. The second kappa shape index (κ2) is 6.89. The molecule has 1 aliphatic rings. The maximum Gasteiger partial charge on any atom is 0.227 e. The van der Waals surface area contributed by atoms with Gasteiger partial charge in [-0.05, 0) is 37.5 Å². The van der Waals surface area contributed by atoms with Gasteiger partial charge in [-0.1, -0.05) is 56.3 Å². The first-order valence-electron chi connectivity index (χ1n) is 10.3. The number of nitrogens with zero attached hydrogens (tertiary/aromatic N) is 2. The minimum absolute atomic E-state index is 0.136. The predicted octanol–water partition coefficient (Wildman–Crippen LogP) is 6.24. The Kier molecular flexibility index (Phi) is 4.32. The molecule has 0 amide bonds. The fraction of sp³-hybridized carbons (Fsp3) is 0.320. The number of ether oxygens (including phenoxy) is 1. The van der Waals surface area contributed by atoms with Crippen LogP contribution in [0.3, 0.4) is 0 Å². The third-order valence-electron chi connectivity index (χ3n) is 6.05. The first-order valence-corrected chi connectivity index (χ1v) is 10.3. The predicted molar refractivity (Wildman–Crippen MR) is 117 cm³/mol. The highest BCUT2D eigenvalue weighted by molar-refractivity contribution is 6.08. The van der Waals surface area contributed by atoms with Crippen LogP contribution in [0.5, 0.6) is 0 Å². The van der Waals surface area contributed by atoms with Gasteiger partial charge in [-0.25, -0.2) is 4.98 Å². The Morgan fingerprint density at radius 3 is 2.52 bits per heavy atom. The summed E-state index contributed by atoms with van der Waals surface area (Å²) in [6, 6.07) is 19.0. The van der Waals surface area contributed by atoms with Crippen LogP contribution in [0.15, 0.2) is 65.2 Å². The Balaban J connectivity index is 1.75. The SMILES string of the molecule is Cc1ccc2c(oc3ncccc32)c1N1C(c2ccccc2)OC(C(C)C)[C@@H]1C. The maximum atomic E-state index is 6.63. The van der Waals surface area contributed by atoms with Crippen LogP contribution in [0, 0.1) is 12.8 Å². The Hall–Kier alpha value is -2.85. The molecule has 4 heteroatoms. The van der Waals surface area contributed by atoms with Gasteiger partial charge in [-0.15, -0.1) is 0 Å².